The van der Waals surface area contributed by atoms with Crippen LogP contribution in [-0.2, 0) is 11.8 Å². The van der Waals surface area contributed by atoms with E-state index in [0.717, 1.165) is 17.9 Å². The minimum absolute atomic E-state index is 0.0441. The van der Waals surface area contributed by atoms with Crippen molar-refractivity contribution in [1.82, 2.24) is 15.2 Å². The summed E-state index contributed by atoms with van der Waals surface area (Å²) in [6.45, 7) is 1.99. The van der Waals surface area contributed by atoms with E-state index in [1.165, 1.54) is 0 Å². The number of rotatable bonds is 6. The highest BCUT2D eigenvalue weighted by atomic mass is 16.5. The maximum Gasteiger partial charge on any atom is 0.161 e. The van der Waals surface area contributed by atoms with E-state index in [-0.39, 0.29) is 12.1 Å². The topological polar surface area (TPSA) is 74.3 Å². The zero-order valence-corrected chi connectivity index (χ0v) is 10.2. The Kier molecular flexibility index (Phi) is 4.72. The average Bonchev–Trinajstić information content (AvgIpc) is 2.67. The molecular formula is C10H20N4O2. The zero-order chi connectivity index (χ0) is 12.1. The van der Waals surface area contributed by atoms with Gasteiger partial charge in [-0.2, -0.15) is 5.10 Å². The van der Waals surface area contributed by atoms with Crippen molar-refractivity contribution in [3.8, 4) is 5.75 Å². The lowest BCUT2D eigenvalue weighted by atomic mass is 10.1. The molecule has 0 spiro atoms. The van der Waals surface area contributed by atoms with Crippen molar-refractivity contribution in [2.75, 3.05) is 14.2 Å². The van der Waals surface area contributed by atoms with Crippen molar-refractivity contribution < 1.29 is 9.47 Å². The molecule has 92 valence electrons. The van der Waals surface area contributed by atoms with Crippen LogP contribution in [-0.4, -0.2) is 30.1 Å². The van der Waals surface area contributed by atoms with Crippen LogP contribution >= 0.6 is 0 Å². The van der Waals surface area contributed by atoms with Gasteiger partial charge in [0.1, 0.15) is 0 Å². The van der Waals surface area contributed by atoms with Gasteiger partial charge in [-0.3, -0.25) is 16.0 Å². The molecule has 0 aliphatic heterocycles. The Hall–Kier alpha value is -1.11. The van der Waals surface area contributed by atoms with Gasteiger partial charge in [-0.25, -0.2) is 0 Å². The van der Waals surface area contributed by atoms with E-state index in [2.05, 4.69) is 10.5 Å². The van der Waals surface area contributed by atoms with E-state index in [0.29, 0.717) is 0 Å². The fraction of sp³-hybridized carbons (Fsp3) is 0.700. The third kappa shape index (κ3) is 2.72. The Labute approximate surface area is 95.7 Å². The van der Waals surface area contributed by atoms with Crippen LogP contribution in [0.2, 0.25) is 0 Å². The Morgan fingerprint density at radius 2 is 2.25 bits per heavy atom. The smallest absolute Gasteiger partial charge is 0.161 e. The summed E-state index contributed by atoms with van der Waals surface area (Å²) in [4.78, 5) is 0. The lowest BCUT2D eigenvalue weighted by Crippen LogP contribution is -2.32. The van der Waals surface area contributed by atoms with Gasteiger partial charge in [0.15, 0.2) is 5.75 Å². The molecule has 0 aromatic carbocycles. The van der Waals surface area contributed by atoms with Gasteiger partial charge in [-0.05, 0) is 13.3 Å². The van der Waals surface area contributed by atoms with Crippen molar-refractivity contribution >= 4 is 0 Å². The van der Waals surface area contributed by atoms with Gasteiger partial charge in [0, 0.05) is 14.2 Å². The van der Waals surface area contributed by atoms with E-state index in [4.69, 9.17) is 15.3 Å². The summed E-state index contributed by atoms with van der Waals surface area (Å²) in [6.07, 6.45) is 2.54. The number of nitrogens with two attached hydrogens (primary N) is 1. The van der Waals surface area contributed by atoms with Crippen molar-refractivity contribution in [2.45, 2.75) is 25.5 Å². The van der Waals surface area contributed by atoms with Gasteiger partial charge >= 0.3 is 0 Å². The summed E-state index contributed by atoms with van der Waals surface area (Å²) in [5.41, 5.74) is 3.69. The third-order valence-corrected chi connectivity index (χ3v) is 2.67. The molecule has 0 bridgehead atoms. The predicted octanol–water partition coefficient (Wildman–Crippen LogP) is 0.358. The molecule has 0 aliphatic carbocycles. The van der Waals surface area contributed by atoms with E-state index in [9.17, 15) is 0 Å². The standard InChI is InChI=1S/C10H20N4O2/c1-7(15-3)5-8(13-11)10-9(16-4)6-12-14(10)2/h6-8,13H,5,11H2,1-4H3. The van der Waals surface area contributed by atoms with Crippen LogP contribution < -0.4 is 16.0 Å². The number of ether oxygens (including phenoxy) is 2. The number of aromatic nitrogens is 2. The Morgan fingerprint density at radius 3 is 2.75 bits per heavy atom. The molecule has 0 radical (unpaired) electrons. The summed E-state index contributed by atoms with van der Waals surface area (Å²) in [6, 6.07) is -0.0441. The third-order valence-electron chi connectivity index (χ3n) is 2.67. The normalized spacial score (nSPS) is 14.8. The summed E-state index contributed by atoms with van der Waals surface area (Å²) >= 11 is 0. The number of nitrogens with one attached hydrogen (secondary N) is 1. The maximum absolute atomic E-state index is 5.56. The number of nitrogens with zero attached hydrogens (tertiary/aromatic N) is 2. The molecule has 0 saturated carbocycles. The fourth-order valence-corrected chi connectivity index (χ4v) is 1.67. The molecule has 16 heavy (non-hydrogen) atoms. The molecule has 6 heteroatoms. The van der Waals surface area contributed by atoms with Crippen LogP contribution in [0.5, 0.6) is 5.75 Å². The zero-order valence-electron chi connectivity index (χ0n) is 10.2. The maximum atomic E-state index is 5.56. The molecule has 1 rings (SSSR count). The second kappa shape index (κ2) is 5.83. The molecule has 3 N–H and O–H groups in total. The first-order valence-corrected chi connectivity index (χ1v) is 5.18. The Morgan fingerprint density at radius 1 is 1.56 bits per heavy atom. The van der Waals surface area contributed by atoms with Gasteiger partial charge in [-0.1, -0.05) is 0 Å². The molecule has 0 aliphatic rings. The van der Waals surface area contributed by atoms with Crippen LogP contribution in [0.1, 0.15) is 25.1 Å². The molecule has 0 saturated heterocycles. The SMILES string of the molecule is COc1cnn(C)c1C(CC(C)OC)NN. The molecule has 2 unspecified atom stereocenters. The van der Waals surface area contributed by atoms with Gasteiger partial charge < -0.3 is 9.47 Å². The number of hydrogen-bond donors (Lipinski definition) is 2. The molecular weight excluding hydrogens is 208 g/mol. The lowest BCUT2D eigenvalue weighted by Gasteiger charge is -2.20. The van der Waals surface area contributed by atoms with Crippen molar-refractivity contribution in [3.63, 3.8) is 0 Å². The number of hydrogen-bond acceptors (Lipinski definition) is 5. The van der Waals surface area contributed by atoms with Crippen LogP contribution in [0.15, 0.2) is 6.20 Å². The molecule has 0 fully saturated rings. The minimum atomic E-state index is -0.0441. The van der Waals surface area contributed by atoms with E-state index < -0.39 is 0 Å². The first-order valence-electron chi connectivity index (χ1n) is 5.18. The molecule has 1 heterocycles. The van der Waals surface area contributed by atoms with Gasteiger partial charge in [-0.15, -0.1) is 0 Å². The Bertz CT molecular complexity index is 327. The van der Waals surface area contributed by atoms with Crippen molar-refractivity contribution in [3.05, 3.63) is 11.9 Å². The monoisotopic (exact) mass is 228 g/mol. The molecule has 1 aromatic rings. The second-order valence-electron chi connectivity index (χ2n) is 3.72. The van der Waals surface area contributed by atoms with Gasteiger partial charge in [0.2, 0.25) is 0 Å². The number of aryl methyl sites for hydroxylation is 1. The van der Waals surface area contributed by atoms with Crippen molar-refractivity contribution in [2.24, 2.45) is 12.9 Å². The largest absolute Gasteiger partial charge is 0.493 e. The lowest BCUT2D eigenvalue weighted by molar-refractivity contribution is 0.0991. The van der Waals surface area contributed by atoms with E-state index >= 15 is 0 Å². The van der Waals surface area contributed by atoms with Crippen LogP contribution in [0.25, 0.3) is 0 Å². The number of methoxy groups -OCH3 is 2. The highest BCUT2D eigenvalue weighted by molar-refractivity contribution is 5.28. The summed E-state index contributed by atoms with van der Waals surface area (Å²) < 4.78 is 12.2. The van der Waals surface area contributed by atoms with E-state index in [1.807, 2.05) is 14.0 Å². The number of hydrazine groups is 1. The first kappa shape index (κ1) is 13.0. The average molecular weight is 228 g/mol. The van der Waals surface area contributed by atoms with Crippen molar-refractivity contribution in [1.29, 1.82) is 0 Å². The van der Waals surface area contributed by atoms with E-state index in [1.54, 1.807) is 25.1 Å². The Balaban J connectivity index is 2.89. The predicted molar refractivity (Wildman–Crippen MR) is 60.9 cm³/mol. The molecule has 6 nitrogen and oxygen atoms in total. The van der Waals surface area contributed by atoms with Gasteiger partial charge in [0.05, 0.1) is 31.1 Å². The quantitative estimate of drug-likeness (QED) is 0.543. The van der Waals surface area contributed by atoms with Crippen LogP contribution in [0.4, 0.5) is 0 Å². The summed E-state index contributed by atoms with van der Waals surface area (Å²) in [7, 11) is 5.16. The van der Waals surface area contributed by atoms with Crippen LogP contribution in [0.3, 0.4) is 0 Å². The molecule has 2 atom stereocenters. The molecule has 1 aromatic heterocycles. The summed E-state index contributed by atoms with van der Waals surface area (Å²) in [5, 5.41) is 4.14. The van der Waals surface area contributed by atoms with Crippen LogP contribution in [0, 0.1) is 0 Å². The first-order chi connectivity index (χ1) is 7.63. The summed E-state index contributed by atoms with van der Waals surface area (Å²) in [5.74, 6) is 6.29. The second-order valence-corrected chi connectivity index (χ2v) is 3.72. The highest BCUT2D eigenvalue weighted by Gasteiger charge is 2.21. The fourth-order valence-electron chi connectivity index (χ4n) is 1.67. The van der Waals surface area contributed by atoms with Gasteiger partial charge in [0.25, 0.3) is 0 Å². The molecule has 0 amide bonds. The minimum Gasteiger partial charge on any atom is -0.493 e. The highest BCUT2D eigenvalue weighted by Crippen LogP contribution is 2.27.